The number of benzene rings is 1. The van der Waals surface area contributed by atoms with Gasteiger partial charge in [0.05, 0.1) is 0 Å². The molecular weight excluding hydrogens is 500 g/mol. The summed E-state index contributed by atoms with van der Waals surface area (Å²) < 4.78 is 9.56. The van der Waals surface area contributed by atoms with Crippen LogP contribution in [0.3, 0.4) is 0 Å². The summed E-state index contributed by atoms with van der Waals surface area (Å²) in [5.74, 6) is 2.04. The number of imidazole rings is 1. The molecule has 0 aliphatic carbocycles. The number of hydrogen-bond donors (Lipinski definition) is 1. The van der Waals surface area contributed by atoms with Crippen molar-refractivity contribution in [3.05, 3.63) is 68.5 Å². The minimum absolute atomic E-state index is 0.137. The SMILES string of the molecule is CCCCCn1c2nc(Br)[nH]c2c(=O)n2c(C[C@@H](C)c3nc(Cc4ccccc4)no3)nnc12. The normalized spacial score (nSPS) is 12.7. The van der Waals surface area contributed by atoms with Crippen LogP contribution in [0.2, 0.25) is 0 Å². The molecule has 176 valence electrons. The van der Waals surface area contributed by atoms with E-state index >= 15 is 0 Å². The second kappa shape index (κ2) is 9.49. The zero-order valence-corrected chi connectivity index (χ0v) is 20.6. The lowest BCUT2D eigenvalue weighted by molar-refractivity contribution is 0.353. The molecule has 10 nitrogen and oxygen atoms in total. The van der Waals surface area contributed by atoms with E-state index in [1.54, 1.807) is 4.40 Å². The van der Waals surface area contributed by atoms with Gasteiger partial charge in [0.2, 0.25) is 11.7 Å². The average molecular weight is 525 g/mol. The van der Waals surface area contributed by atoms with E-state index in [9.17, 15) is 4.79 Å². The Morgan fingerprint density at radius 3 is 2.76 bits per heavy atom. The van der Waals surface area contributed by atoms with Crippen molar-refractivity contribution in [3.8, 4) is 0 Å². The number of nitrogens with zero attached hydrogens (tertiary/aromatic N) is 7. The van der Waals surface area contributed by atoms with Crippen molar-refractivity contribution >= 4 is 32.9 Å². The Kier molecular flexibility index (Phi) is 6.27. The highest BCUT2D eigenvalue weighted by Gasteiger charge is 2.23. The van der Waals surface area contributed by atoms with Gasteiger partial charge in [-0.15, -0.1) is 10.2 Å². The van der Waals surface area contributed by atoms with Crippen LogP contribution in [-0.2, 0) is 19.4 Å². The molecule has 0 saturated heterocycles. The Morgan fingerprint density at radius 1 is 1.15 bits per heavy atom. The van der Waals surface area contributed by atoms with Gasteiger partial charge in [0.1, 0.15) is 5.82 Å². The predicted molar refractivity (Wildman–Crippen MR) is 130 cm³/mol. The molecule has 0 unspecified atom stereocenters. The Labute approximate surface area is 203 Å². The topological polar surface area (TPSA) is 120 Å². The second-order valence-electron chi connectivity index (χ2n) is 8.46. The third kappa shape index (κ3) is 4.27. The van der Waals surface area contributed by atoms with Gasteiger partial charge < -0.3 is 9.51 Å². The van der Waals surface area contributed by atoms with Gasteiger partial charge in [0.15, 0.2) is 21.7 Å². The molecule has 0 radical (unpaired) electrons. The van der Waals surface area contributed by atoms with Crippen LogP contribution in [0.4, 0.5) is 0 Å². The molecule has 4 aromatic heterocycles. The number of hydrogen-bond acceptors (Lipinski definition) is 7. The number of rotatable bonds is 9. The maximum atomic E-state index is 13.3. The largest absolute Gasteiger partial charge is 0.339 e. The van der Waals surface area contributed by atoms with Crippen LogP contribution in [-0.4, -0.2) is 39.3 Å². The molecule has 0 saturated carbocycles. The van der Waals surface area contributed by atoms with Crippen LogP contribution < -0.4 is 5.56 Å². The van der Waals surface area contributed by atoms with Crippen LogP contribution in [0.1, 0.15) is 62.1 Å². The lowest BCUT2D eigenvalue weighted by atomic mass is 10.1. The Balaban J connectivity index is 1.46. The maximum Gasteiger partial charge on any atom is 0.286 e. The Bertz CT molecular complexity index is 1480. The smallest absolute Gasteiger partial charge is 0.286 e. The van der Waals surface area contributed by atoms with E-state index in [2.05, 4.69) is 53.2 Å². The molecule has 1 N–H and O–H groups in total. The monoisotopic (exact) mass is 524 g/mol. The van der Waals surface area contributed by atoms with E-state index in [4.69, 9.17) is 4.52 Å². The summed E-state index contributed by atoms with van der Waals surface area (Å²) in [5, 5.41) is 12.9. The first-order chi connectivity index (χ1) is 16.5. The molecule has 0 fully saturated rings. The molecule has 0 aliphatic heterocycles. The van der Waals surface area contributed by atoms with Gasteiger partial charge in [-0.2, -0.15) is 4.98 Å². The van der Waals surface area contributed by atoms with Crippen LogP contribution in [0, 0.1) is 0 Å². The van der Waals surface area contributed by atoms with Crippen molar-refractivity contribution in [1.82, 2.24) is 39.3 Å². The fraction of sp³-hybridized carbons (Fsp3) is 0.391. The van der Waals surface area contributed by atoms with E-state index in [1.807, 2.05) is 41.8 Å². The van der Waals surface area contributed by atoms with E-state index in [0.29, 0.717) is 58.6 Å². The van der Waals surface area contributed by atoms with Gasteiger partial charge >= 0.3 is 0 Å². The van der Waals surface area contributed by atoms with E-state index in [-0.39, 0.29) is 11.5 Å². The first kappa shape index (κ1) is 22.5. The molecule has 5 aromatic rings. The van der Waals surface area contributed by atoms with E-state index < -0.39 is 0 Å². The van der Waals surface area contributed by atoms with Gasteiger partial charge in [0.25, 0.3) is 5.56 Å². The molecule has 1 aromatic carbocycles. The number of H-pyrrole nitrogens is 1. The van der Waals surface area contributed by atoms with Crippen molar-refractivity contribution in [1.29, 1.82) is 0 Å². The van der Waals surface area contributed by atoms with Gasteiger partial charge in [0, 0.05) is 25.3 Å². The summed E-state index contributed by atoms with van der Waals surface area (Å²) in [6.45, 7) is 4.83. The number of unbranched alkanes of at least 4 members (excludes halogenated alkanes) is 2. The number of aromatic nitrogens is 8. The number of fused-ring (bicyclic) bond motifs is 2. The summed E-state index contributed by atoms with van der Waals surface area (Å²) in [4.78, 5) is 25.4. The third-order valence-electron chi connectivity index (χ3n) is 5.87. The molecule has 0 aliphatic rings. The maximum absolute atomic E-state index is 13.3. The van der Waals surface area contributed by atoms with Gasteiger partial charge in [-0.3, -0.25) is 9.36 Å². The minimum atomic E-state index is -0.225. The third-order valence-corrected chi connectivity index (χ3v) is 6.24. The fourth-order valence-electron chi connectivity index (χ4n) is 4.11. The standard InChI is InChI=1S/C23H25BrN8O2/c1-3-4-8-11-31-19-18(26-22(24)27-19)21(33)32-17(28-29-23(31)32)12-14(2)20-25-16(30-34-20)13-15-9-6-5-7-10-15/h5-7,9-10,14H,3-4,8,11-13H2,1-2H3,(H,26,27)/t14-/m1/s1. The van der Waals surface area contributed by atoms with Crippen molar-refractivity contribution in [2.45, 2.75) is 58.4 Å². The number of nitrogens with one attached hydrogen (secondary N) is 1. The average Bonchev–Trinajstić information content (AvgIpc) is 3.56. The zero-order valence-electron chi connectivity index (χ0n) is 19.0. The predicted octanol–water partition coefficient (Wildman–Crippen LogP) is 4.04. The summed E-state index contributed by atoms with van der Waals surface area (Å²) >= 11 is 3.36. The molecule has 0 spiro atoms. The minimum Gasteiger partial charge on any atom is -0.339 e. The highest BCUT2D eigenvalue weighted by atomic mass is 79.9. The second-order valence-corrected chi connectivity index (χ2v) is 9.21. The van der Waals surface area contributed by atoms with Crippen LogP contribution >= 0.6 is 15.9 Å². The lowest BCUT2D eigenvalue weighted by Crippen LogP contribution is -2.21. The summed E-state index contributed by atoms with van der Waals surface area (Å²) in [6.07, 6.45) is 4.15. The number of halogens is 1. The summed E-state index contributed by atoms with van der Waals surface area (Å²) in [5.41, 5.74) is 1.89. The van der Waals surface area contributed by atoms with Crippen molar-refractivity contribution in [2.75, 3.05) is 0 Å². The Hall–Kier alpha value is -3.34. The molecular formula is C23H25BrN8O2. The van der Waals surface area contributed by atoms with Crippen LogP contribution in [0.15, 0.2) is 44.4 Å². The van der Waals surface area contributed by atoms with Gasteiger partial charge in [-0.25, -0.2) is 9.38 Å². The van der Waals surface area contributed by atoms with Gasteiger partial charge in [-0.1, -0.05) is 62.2 Å². The van der Waals surface area contributed by atoms with Crippen LogP contribution in [0.25, 0.3) is 16.9 Å². The molecule has 11 heteroatoms. The molecule has 5 rings (SSSR count). The molecule has 1 atom stereocenters. The highest BCUT2D eigenvalue weighted by Crippen LogP contribution is 2.21. The first-order valence-corrected chi connectivity index (χ1v) is 12.2. The summed E-state index contributed by atoms with van der Waals surface area (Å²) in [7, 11) is 0. The fourth-order valence-corrected chi connectivity index (χ4v) is 4.48. The first-order valence-electron chi connectivity index (χ1n) is 11.4. The number of aromatic amines is 1. The van der Waals surface area contributed by atoms with Crippen molar-refractivity contribution in [3.63, 3.8) is 0 Å². The highest BCUT2D eigenvalue weighted by molar-refractivity contribution is 9.10. The van der Waals surface area contributed by atoms with Crippen LogP contribution in [0.5, 0.6) is 0 Å². The molecule has 0 bridgehead atoms. The zero-order chi connectivity index (χ0) is 23.7. The Morgan fingerprint density at radius 2 is 1.97 bits per heavy atom. The van der Waals surface area contributed by atoms with E-state index in [1.165, 1.54) is 0 Å². The van der Waals surface area contributed by atoms with E-state index in [0.717, 1.165) is 24.8 Å². The summed E-state index contributed by atoms with van der Waals surface area (Å²) in [6, 6.07) is 10.0. The molecule has 34 heavy (non-hydrogen) atoms. The van der Waals surface area contributed by atoms with Crippen molar-refractivity contribution < 1.29 is 4.52 Å². The molecule has 4 heterocycles. The van der Waals surface area contributed by atoms with Crippen molar-refractivity contribution in [2.24, 2.45) is 0 Å². The molecule has 0 amide bonds. The lowest BCUT2D eigenvalue weighted by Gasteiger charge is -2.10. The number of aryl methyl sites for hydroxylation is 1. The quantitative estimate of drug-likeness (QED) is 0.228. The van der Waals surface area contributed by atoms with Gasteiger partial charge in [-0.05, 0) is 27.9 Å².